The standard InChI is InChI=1S/C16H13N3O4/c1-23-16(12-5-3-2-4-6-12)15(20)17-14(18-16)11-7-9-13(10-8-11)19(21)22/h2-10H,1H3,(H,17,18,20). The summed E-state index contributed by atoms with van der Waals surface area (Å²) in [5.74, 6) is -0.0878. The van der Waals surface area contributed by atoms with E-state index in [9.17, 15) is 14.9 Å². The summed E-state index contributed by atoms with van der Waals surface area (Å²) in [4.78, 5) is 27.0. The van der Waals surface area contributed by atoms with Crippen molar-refractivity contribution in [2.24, 2.45) is 4.99 Å². The molecule has 0 aliphatic carbocycles. The number of ether oxygens (including phenoxy) is 1. The largest absolute Gasteiger partial charge is 0.346 e. The van der Waals surface area contributed by atoms with Gasteiger partial charge in [-0.15, -0.1) is 0 Å². The van der Waals surface area contributed by atoms with E-state index in [1.165, 1.54) is 31.4 Å². The molecule has 1 heterocycles. The zero-order valence-electron chi connectivity index (χ0n) is 12.2. The molecule has 2 aromatic rings. The quantitative estimate of drug-likeness (QED) is 0.690. The average Bonchev–Trinajstić information content (AvgIpc) is 2.93. The zero-order chi connectivity index (χ0) is 16.4. The van der Waals surface area contributed by atoms with Crippen LogP contribution in [0.15, 0.2) is 59.6 Å². The van der Waals surface area contributed by atoms with Gasteiger partial charge in [0.25, 0.3) is 17.3 Å². The van der Waals surface area contributed by atoms with Gasteiger partial charge in [-0.2, -0.15) is 0 Å². The number of amidine groups is 1. The van der Waals surface area contributed by atoms with E-state index in [-0.39, 0.29) is 5.69 Å². The Hall–Kier alpha value is -3.06. The maximum atomic E-state index is 12.4. The highest BCUT2D eigenvalue weighted by Crippen LogP contribution is 2.31. The monoisotopic (exact) mass is 311 g/mol. The van der Waals surface area contributed by atoms with Gasteiger partial charge in [-0.25, -0.2) is 4.99 Å². The van der Waals surface area contributed by atoms with Crippen molar-refractivity contribution in [3.63, 3.8) is 0 Å². The SMILES string of the molecule is COC1(c2ccccc2)N=C(c2ccc([N+](=O)[O-])cc2)NC1=O. The third kappa shape index (κ3) is 2.47. The molecule has 0 saturated heterocycles. The van der Waals surface area contributed by atoms with Gasteiger partial charge in [-0.1, -0.05) is 30.3 Å². The molecule has 1 atom stereocenters. The predicted molar refractivity (Wildman–Crippen MR) is 82.9 cm³/mol. The molecule has 0 fully saturated rings. The molecule has 7 heteroatoms. The van der Waals surface area contributed by atoms with E-state index >= 15 is 0 Å². The minimum absolute atomic E-state index is 0.0280. The van der Waals surface area contributed by atoms with Gasteiger partial charge in [0.2, 0.25) is 0 Å². The van der Waals surface area contributed by atoms with Crippen LogP contribution < -0.4 is 5.32 Å². The number of amides is 1. The molecule has 1 unspecified atom stereocenters. The molecule has 1 amide bonds. The average molecular weight is 311 g/mol. The lowest BCUT2D eigenvalue weighted by atomic mass is 10.0. The number of hydrogen-bond acceptors (Lipinski definition) is 5. The van der Waals surface area contributed by atoms with Crippen LogP contribution in [0.1, 0.15) is 11.1 Å². The van der Waals surface area contributed by atoms with E-state index in [4.69, 9.17) is 4.74 Å². The van der Waals surface area contributed by atoms with Gasteiger partial charge >= 0.3 is 0 Å². The lowest BCUT2D eigenvalue weighted by Crippen LogP contribution is -2.39. The summed E-state index contributed by atoms with van der Waals surface area (Å²) in [5.41, 5.74) is -0.297. The van der Waals surface area contributed by atoms with Crippen LogP contribution in [0.2, 0.25) is 0 Å². The van der Waals surface area contributed by atoms with E-state index in [1.807, 2.05) is 6.07 Å². The summed E-state index contributed by atoms with van der Waals surface area (Å²) in [6.07, 6.45) is 0. The number of rotatable bonds is 4. The molecule has 0 bridgehead atoms. The van der Waals surface area contributed by atoms with Crippen LogP contribution in [0.25, 0.3) is 0 Å². The second-order valence-electron chi connectivity index (χ2n) is 4.93. The van der Waals surface area contributed by atoms with E-state index in [1.54, 1.807) is 24.3 Å². The molecule has 0 radical (unpaired) electrons. The lowest BCUT2D eigenvalue weighted by Gasteiger charge is -2.21. The molecule has 2 aromatic carbocycles. The van der Waals surface area contributed by atoms with Crippen molar-refractivity contribution in [1.82, 2.24) is 5.32 Å². The second-order valence-corrected chi connectivity index (χ2v) is 4.93. The van der Waals surface area contributed by atoms with Gasteiger partial charge in [-0.05, 0) is 12.1 Å². The van der Waals surface area contributed by atoms with E-state index in [0.717, 1.165) is 0 Å². The van der Waals surface area contributed by atoms with Crippen LogP contribution in [-0.2, 0) is 15.3 Å². The van der Waals surface area contributed by atoms with Crippen LogP contribution in [0.4, 0.5) is 5.69 Å². The number of nitrogens with zero attached hydrogens (tertiary/aromatic N) is 2. The maximum Gasteiger partial charge on any atom is 0.285 e. The molecule has 3 rings (SSSR count). The molecule has 0 saturated carbocycles. The first-order chi connectivity index (χ1) is 11.1. The second kappa shape index (κ2) is 5.62. The molecule has 0 spiro atoms. The molecule has 7 nitrogen and oxygen atoms in total. The fourth-order valence-electron chi connectivity index (χ4n) is 2.42. The van der Waals surface area contributed by atoms with Crippen molar-refractivity contribution >= 4 is 17.4 Å². The number of hydrogen-bond donors (Lipinski definition) is 1. The normalized spacial score (nSPS) is 20.0. The summed E-state index contributed by atoms with van der Waals surface area (Å²) < 4.78 is 5.40. The summed E-state index contributed by atoms with van der Waals surface area (Å²) in [6, 6.07) is 14.7. The highest BCUT2D eigenvalue weighted by atomic mass is 16.6. The fourth-order valence-corrected chi connectivity index (χ4v) is 2.42. The van der Waals surface area contributed by atoms with Gasteiger partial charge in [0.15, 0.2) is 0 Å². The molecule has 1 aliphatic rings. The van der Waals surface area contributed by atoms with Crippen molar-refractivity contribution in [2.45, 2.75) is 5.72 Å². The van der Waals surface area contributed by atoms with Gasteiger partial charge in [0.1, 0.15) is 5.84 Å². The van der Waals surface area contributed by atoms with Crippen LogP contribution >= 0.6 is 0 Å². The van der Waals surface area contributed by atoms with Crippen LogP contribution in [0, 0.1) is 10.1 Å². The lowest BCUT2D eigenvalue weighted by molar-refractivity contribution is -0.384. The molecular formula is C16H13N3O4. The van der Waals surface area contributed by atoms with Gasteiger partial charge in [0.05, 0.1) is 4.92 Å². The van der Waals surface area contributed by atoms with Crippen molar-refractivity contribution in [2.75, 3.05) is 7.11 Å². The fraction of sp³-hybridized carbons (Fsp3) is 0.125. The number of benzene rings is 2. The number of aliphatic imine (C=N–C) groups is 1. The highest BCUT2D eigenvalue weighted by Gasteiger charge is 2.46. The predicted octanol–water partition coefficient (Wildman–Crippen LogP) is 1.97. The minimum atomic E-state index is -1.45. The number of methoxy groups -OCH3 is 1. The van der Waals surface area contributed by atoms with Crippen molar-refractivity contribution in [3.05, 3.63) is 75.8 Å². The Labute approximate surface area is 131 Å². The molecule has 23 heavy (non-hydrogen) atoms. The van der Waals surface area contributed by atoms with Gasteiger partial charge in [0, 0.05) is 30.4 Å². The third-order valence-electron chi connectivity index (χ3n) is 3.62. The van der Waals surface area contributed by atoms with Crippen molar-refractivity contribution in [1.29, 1.82) is 0 Å². The topological polar surface area (TPSA) is 93.8 Å². The summed E-state index contributed by atoms with van der Waals surface area (Å²) in [6.45, 7) is 0. The van der Waals surface area contributed by atoms with Crippen LogP contribution in [-0.4, -0.2) is 23.8 Å². The van der Waals surface area contributed by atoms with E-state index in [2.05, 4.69) is 10.3 Å². The number of carbonyl (C=O) groups excluding carboxylic acids is 1. The van der Waals surface area contributed by atoms with Crippen molar-refractivity contribution < 1.29 is 14.5 Å². The Balaban J connectivity index is 2.02. The van der Waals surface area contributed by atoms with E-state index < -0.39 is 16.6 Å². The Morgan fingerprint density at radius 2 is 1.78 bits per heavy atom. The smallest absolute Gasteiger partial charge is 0.285 e. The summed E-state index contributed by atoms with van der Waals surface area (Å²) in [7, 11) is 1.41. The number of nitrogens with one attached hydrogen (secondary N) is 1. The first-order valence-corrected chi connectivity index (χ1v) is 6.83. The molecular weight excluding hydrogens is 298 g/mol. The maximum absolute atomic E-state index is 12.4. The van der Waals surface area contributed by atoms with E-state index in [0.29, 0.717) is 17.0 Å². The minimum Gasteiger partial charge on any atom is -0.346 e. The zero-order valence-corrected chi connectivity index (χ0v) is 12.2. The molecule has 1 N–H and O–H groups in total. The van der Waals surface area contributed by atoms with Crippen LogP contribution in [0.5, 0.6) is 0 Å². The van der Waals surface area contributed by atoms with Crippen LogP contribution in [0.3, 0.4) is 0 Å². The number of nitro benzene ring substituents is 1. The number of nitro groups is 1. The Kier molecular flexibility index (Phi) is 3.63. The Morgan fingerprint density at radius 3 is 2.35 bits per heavy atom. The molecule has 116 valence electrons. The first kappa shape index (κ1) is 14.9. The molecule has 0 aromatic heterocycles. The summed E-state index contributed by atoms with van der Waals surface area (Å²) in [5, 5.41) is 13.4. The Morgan fingerprint density at radius 1 is 1.13 bits per heavy atom. The number of carbonyl (C=O) groups is 1. The Bertz CT molecular complexity index is 787. The summed E-state index contributed by atoms with van der Waals surface area (Å²) >= 11 is 0. The number of non-ortho nitro benzene ring substituents is 1. The first-order valence-electron chi connectivity index (χ1n) is 6.83. The van der Waals surface area contributed by atoms with Gasteiger partial charge < -0.3 is 10.1 Å². The highest BCUT2D eigenvalue weighted by molar-refractivity contribution is 6.15. The van der Waals surface area contributed by atoms with Crippen molar-refractivity contribution in [3.8, 4) is 0 Å². The molecule has 1 aliphatic heterocycles. The van der Waals surface area contributed by atoms with Gasteiger partial charge in [-0.3, -0.25) is 14.9 Å². The third-order valence-corrected chi connectivity index (χ3v) is 3.62.